The molecule has 1 fully saturated rings. The number of hydrogen-bond acceptors (Lipinski definition) is 6. The highest BCUT2D eigenvalue weighted by molar-refractivity contribution is 8.00. The van der Waals surface area contributed by atoms with Gasteiger partial charge in [0.05, 0.1) is 5.75 Å². The molecular formula is C20H26N2O2S2. The van der Waals surface area contributed by atoms with Crippen LogP contribution in [0.3, 0.4) is 0 Å². The number of thioether (sulfide) groups is 1. The van der Waals surface area contributed by atoms with Crippen LogP contribution in [0.25, 0.3) is 10.2 Å². The molecule has 4 rings (SSSR count). The van der Waals surface area contributed by atoms with E-state index in [0.29, 0.717) is 5.75 Å². The summed E-state index contributed by atoms with van der Waals surface area (Å²) in [6.45, 7) is 4.59. The number of esters is 1. The Kier molecular flexibility index (Phi) is 5.50. The van der Waals surface area contributed by atoms with Gasteiger partial charge in [-0.1, -0.05) is 25.6 Å². The van der Waals surface area contributed by atoms with E-state index in [-0.39, 0.29) is 12.1 Å². The summed E-state index contributed by atoms with van der Waals surface area (Å²) in [6, 6.07) is 0. The molecule has 2 heterocycles. The molecule has 0 amide bonds. The Labute approximate surface area is 163 Å². The van der Waals surface area contributed by atoms with Crippen LogP contribution in [0.1, 0.15) is 56.4 Å². The molecule has 2 aromatic heterocycles. The summed E-state index contributed by atoms with van der Waals surface area (Å²) in [5.74, 6) is 1.73. The average Bonchev–Trinajstić information content (AvgIpc) is 3.00. The van der Waals surface area contributed by atoms with Crippen LogP contribution in [0.2, 0.25) is 0 Å². The summed E-state index contributed by atoms with van der Waals surface area (Å²) in [4.78, 5) is 23.8. The highest BCUT2D eigenvalue weighted by atomic mass is 32.2. The first-order chi connectivity index (χ1) is 12.6. The Morgan fingerprint density at radius 2 is 2.00 bits per heavy atom. The zero-order chi connectivity index (χ0) is 18.1. The van der Waals surface area contributed by atoms with Crippen LogP contribution in [0, 0.1) is 11.8 Å². The maximum atomic E-state index is 12.3. The van der Waals surface area contributed by atoms with Crippen molar-refractivity contribution in [2.75, 3.05) is 5.75 Å². The maximum Gasteiger partial charge on any atom is 0.316 e. The monoisotopic (exact) mass is 390 g/mol. The molecule has 2 aromatic rings. The van der Waals surface area contributed by atoms with Crippen molar-refractivity contribution in [3.63, 3.8) is 0 Å². The number of rotatable bonds is 4. The quantitative estimate of drug-likeness (QED) is 0.416. The molecule has 1 unspecified atom stereocenters. The summed E-state index contributed by atoms with van der Waals surface area (Å²) in [5.41, 5.74) is 1.42. The lowest BCUT2D eigenvalue weighted by Crippen LogP contribution is -2.24. The second-order valence-corrected chi connectivity index (χ2v) is 9.92. The number of fused-ring (bicyclic) bond motifs is 3. The molecule has 2 aliphatic carbocycles. The molecule has 0 saturated heterocycles. The summed E-state index contributed by atoms with van der Waals surface area (Å²) in [7, 11) is 0. The Morgan fingerprint density at radius 3 is 2.81 bits per heavy atom. The number of nitrogens with zero attached hydrogens (tertiary/aromatic N) is 2. The minimum atomic E-state index is -0.112. The molecule has 0 aromatic carbocycles. The van der Waals surface area contributed by atoms with Crippen LogP contribution in [-0.2, 0) is 22.4 Å². The van der Waals surface area contributed by atoms with Gasteiger partial charge in [0.25, 0.3) is 0 Å². The second-order valence-electron chi connectivity index (χ2n) is 7.87. The minimum absolute atomic E-state index is 0.111. The summed E-state index contributed by atoms with van der Waals surface area (Å²) in [6.07, 6.45) is 9.54. The molecule has 0 aliphatic heterocycles. The second kappa shape index (κ2) is 7.85. The number of thiophene rings is 1. The van der Waals surface area contributed by atoms with E-state index in [9.17, 15) is 4.79 Å². The smallest absolute Gasteiger partial charge is 0.316 e. The number of hydrogen-bond donors (Lipinski definition) is 0. The first kappa shape index (κ1) is 18.2. The standard InChI is InChI=1S/C20H26N2O2S2/c1-12-3-6-14(7-4-12)24-17(23)10-25-19-18-15-8-5-13(2)9-16(15)26-20(18)22-11-21-19/h11-14H,3-10H2,1-2H3. The molecule has 0 bridgehead atoms. The largest absolute Gasteiger partial charge is 0.462 e. The van der Waals surface area contributed by atoms with E-state index in [1.807, 2.05) is 0 Å². The zero-order valence-electron chi connectivity index (χ0n) is 15.5. The van der Waals surface area contributed by atoms with Gasteiger partial charge >= 0.3 is 5.97 Å². The highest BCUT2D eigenvalue weighted by Gasteiger charge is 2.24. The lowest BCUT2D eigenvalue weighted by molar-refractivity contribution is -0.147. The molecule has 2 aliphatic rings. The summed E-state index contributed by atoms with van der Waals surface area (Å²) >= 11 is 3.31. The van der Waals surface area contributed by atoms with Crippen LogP contribution < -0.4 is 0 Å². The molecule has 1 atom stereocenters. The normalized spacial score (nSPS) is 25.8. The van der Waals surface area contributed by atoms with Crippen molar-refractivity contribution in [2.45, 2.75) is 69.9 Å². The van der Waals surface area contributed by atoms with Crippen molar-refractivity contribution in [2.24, 2.45) is 11.8 Å². The zero-order valence-corrected chi connectivity index (χ0v) is 17.1. The minimum Gasteiger partial charge on any atom is -0.462 e. The van der Waals surface area contributed by atoms with Crippen molar-refractivity contribution in [1.29, 1.82) is 0 Å². The number of carbonyl (C=O) groups excluding carboxylic acids is 1. The van der Waals surface area contributed by atoms with Crippen LogP contribution in [-0.4, -0.2) is 27.8 Å². The third-order valence-corrected chi connectivity index (χ3v) is 7.77. The molecule has 6 heteroatoms. The van der Waals surface area contributed by atoms with E-state index < -0.39 is 0 Å². The van der Waals surface area contributed by atoms with Gasteiger partial charge in [0, 0.05) is 10.3 Å². The third-order valence-electron chi connectivity index (χ3n) is 5.64. The van der Waals surface area contributed by atoms with Gasteiger partial charge < -0.3 is 4.74 Å². The van der Waals surface area contributed by atoms with E-state index in [4.69, 9.17) is 4.74 Å². The lowest BCUT2D eigenvalue weighted by atomic mass is 9.89. The van der Waals surface area contributed by atoms with Crippen molar-refractivity contribution in [3.8, 4) is 0 Å². The Balaban J connectivity index is 1.43. The molecule has 26 heavy (non-hydrogen) atoms. The third kappa shape index (κ3) is 3.91. The van der Waals surface area contributed by atoms with Crippen LogP contribution >= 0.6 is 23.1 Å². The van der Waals surface area contributed by atoms with Gasteiger partial charge in [-0.3, -0.25) is 4.79 Å². The van der Waals surface area contributed by atoms with Gasteiger partial charge in [0.1, 0.15) is 22.3 Å². The lowest BCUT2D eigenvalue weighted by Gasteiger charge is -2.25. The molecule has 0 N–H and O–H groups in total. The number of aryl methyl sites for hydroxylation is 1. The topological polar surface area (TPSA) is 52.1 Å². The Hall–Kier alpha value is -1.14. The van der Waals surface area contributed by atoms with Gasteiger partial charge in [-0.05, 0) is 62.3 Å². The van der Waals surface area contributed by atoms with Crippen LogP contribution in [0.5, 0.6) is 0 Å². The fourth-order valence-corrected chi connectivity index (χ4v) is 6.27. The summed E-state index contributed by atoms with van der Waals surface area (Å²) in [5, 5.41) is 2.12. The molecular weight excluding hydrogens is 364 g/mol. The van der Waals surface area contributed by atoms with Gasteiger partial charge in [0.2, 0.25) is 0 Å². The van der Waals surface area contributed by atoms with Crippen LogP contribution in [0.15, 0.2) is 11.4 Å². The summed E-state index contributed by atoms with van der Waals surface area (Å²) < 4.78 is 5.68. The van der Waals surface area contributed by atoms with E-state index in [0.717, 1.165) is 60.2 Å². The number of aromatic nitrogens is 2. The van der Waals surface area contributed by atoms with Crippen molar-refractivity contribution in [1.82, 2.24) is 9.97 Å². The molecule has 140 valence electrons. The number of carbonyl (C=O) groups is 1. The fraction of sp³-hybridized carbons (Fsp3) is 0.650. The molecule has 4 nitrogen and oxygen atoms in total. The SMILES string of the molecule is CC1CCC(OC(=O)CSc2ncnc3sc4c(c23)CCC(C)C4)CC1. The molecule has 0 radical (unpaired) electrons. The predicted octanol–water partition coefficient (Wildman–Crippen LogP) is 5.03. The first-order valence-corrected chi connectivity index (χ1v) is 11.5. The first-order valence-electron chi connectivity index (χ1n) is 9.67. The van der Waals surface area contributed by atoms with Crippen molar-refractivity contribution >= 4 is 39.3 Å². The van der Waals surface area contributed by atoms with E-state index in [1.165, 1.54) is 34.0 Å². The Morgan fingerprint density at radius 1 is 1.19 bits per heavy atom. The van der Waals surface area contributed by atoms with E-state index in [2.05, 4.69) is 23.8 Å². The van der Waals surface area contributed by atoms with Crippen molar-refractivity contribution < 1.29 is 9.53 Å². The van der Waals surface area contributed by atoms with Crippen LogP contribution in [0.4, 0.5) is 0 Å². The maximum absolute atomic E-state index is 12.3. The van der Waals surface area contributed by atoms with Gasteiger partial charge in [-0.15, -0.1) is 11.3 Å². The molecule has 1 saturated carbocycles. The van der Waals surface area contributed by atoms with Gasteiger partial charge in [-0.2, -0.15) is 0 Å². The predicted molar refractivity (Wildman–Crippen MR) is 107 cm³/mol. The average molecular weight is 391 g/mol. The number of ether oxygens (including phenoxy) is 1. The van der Waals surface area contributed by atoms with E-state index in [1.54, 1.807) is 17.7 Å². The van der Waals surface area contributed by atoms with Crippen molar-refractivity contribution in [3.05, 3.63) is 16.8 Å². The fourth-order valence-electron chi connectivity index (χ4n) is 4.05. The van der Waals surface area contributed by atoms with Gasteiger partial charge in [0.15, 0.2) is 0 Å². The van der Waals surface area contributed by atoms with E-state index >= 15 is 0 Å². The Bertz CT molecular complexity index is 796. The van der Waals surface area contributed by atoms with Gasteiger partial charge in [-0.25, -0.2) is 9.97 Å². The highest BCUT2D eigenvalue weighted by Crippen LogP contribution is 2.40. The molecule has 0 spiro atoms.